The van der Waals surface area contributed by atoms with Gasteiger partial charge in [0.2, 0.25) is 0 Å². The molecule has 6 heteroatoms. The smallest absolute Gasteiger partial charge is 0.269 e. The molecule has 0 fully saturated rings. The van der Waals surface area contributed by atoms with E-state index in [9.17, 15) is 10.1 Å². The van der Waals surface area contributed by atoms with Gasteiger partial charge in [-0.25, -0.2) is 0 Å². The summed E-state index contributed by atoms with van der Waals surface area (Å²) in [5.74, 6) is 0.832. The van der Waals surface area contributed by atoms with Gasteiger partial charge in [-0.05, 0) is 41.3 Å². The molecule has 1 atom stereocenters. The third kappa shape index (κ3) is 3.42. The molecule has 30 heavy (non-hydrogen) atoms. The first-order chi connectivity index (χ1) is 14.7. The molecule has 0 bridgehead atoms. The van der Waals surface area contributed by atoms with E-state index >= 15 is 0 Å². The van der Waals surface area contributed by atoms with Crippen molar-refractivity contribution in [3.8, 4) is 5.75 Å². The van der Waals surface area contributed by atoms with Crippen LogP contribution < -0.4 is 10.1 Å². The number of ether oxygens (including phenoxy) is 1. The summed E-state index contributed by atoms with van der Waals surface area (Å²) < 4.78 is 6.01. The molecule has 0 saturated carbocycles. The van der Waals surface area contributed by atoms with Crippen LogP contribution in [0.4, 0.5) is 5.69 Å². The third-order valence-corrected chi connectivity index (χ3v) is 5.59. The Bertz CT molecular complexity index is 1220. The van der Waals surface area contributed by atoms with Gasteiger partial charge in [-0.15, -0.1) is 0 Å². The molecule has 2 heterocycles. The van der Waals surface area contributed by atoms with Gasteiger partial charge in [0.05, 0.1) is 11.0 Å². The maximum atomic E-state index is 11.2. The molecule has 1 unspecified atom stereocenters. The number of nitrogens with one attached hydrogen (secondary N) is 2. The summed E-state index contributed by atoms with van der Waals surface area (Å²) in [6, 6.07) is 22.9. The van der Waals surface area contributed by atoms with Gasteiger partial charge in [0.1, 0.15) is 12.4 Å². The lowest BCUT2D eigenvalue weighted by Gasteiger charge is -2.24. The second-order valence-electron chi connectivity index (χ2n) is 7.49. The Kier molecular flexibility index (Phi) is 4.69. The van der Waals surface area contributed by atoms with Gasteiger partial charge in [0, 0.05) is 35.3 Å². The molecular weight excluding hydrogens is 378 g/mol. The van der Waals surface area contributed by atoms with E-state index in [0.717, 1.165) is 46.4 Å². The number of H-pyrrole nitrogens is 1. The standard InChI is InChI=1S/C24H21N3O3/c28-27(29)18-8-4-7-17(13-18)23-24-20(11-12-25-23)21-14-19(9-10-22(21)26-24)30-15-16-5-2-1-3-6-16/h1-10,13-14,23,25-26H,11-12,15H2. The number of nitro benzene ring substituents is 1. The van der Waals surface area contributed by atoms with Gasteiger partial charge < -0.3 is 15.0 Å². The predicted molar refractivity (Wildman–Crippen MR) is 116 cm³/mol. The highest BCUT2D eigenvalue weighted by Gasteiger charge is 2.26. The van der Waals surface area contributed by atoms with Crippen molar-refractivity contribution in [1.82, 2.24) is 10.3 Å². The van der Waals surface area contributed by atoms with Crippen molar-refractivity contribution in [3.63, 3.8) is 0 Å². The van der Waals surface area contributed by atoms with Gasteiger partial charge in [-0.3, -0.25) is 10.1 Å². The van der Waals surface area contributed by atoms with Crippen LogP contribution in [0.5, 0.6) is 5.75 Å². The number of fused-ring (bicyclic) bond motifs is 3. The van der Waals surface area contributed by atoms with Crippen LogP contribution in [0.15, 0.2) is 72.8 Å². The molecule has 0 aliphatic carbocycles. The Morgan fingerprint density at radius 3 is 2.73 bits per heavy atom. The average molecular weight is 399 g/mol. The maximum Gasteiger partial charge on any atom is 0.269 e. The quantitative estimate of drug-likeness (QED) is 0.370. The molecule has 1 aliphatic heterocycles. The molecule has 1 aliphatic rings. The second-order valence-corrected chi connectivity index (χ2v) is 7.49. The van der Waals surface area contributed by atoms with E-state index in [1.54, 1.807) is 12.1 Å². The molecule has 3 aromatic carbocycles. The van der Waals surface area contributed by atoms with Crippen molar-refractivity contribution < 1.29 is 9.66 Å². The maximum absolute atomic E-state index is 11.2. The van der Waals surface area contributed by atoms with Crippen LogP contribution in [0.25, 0.3) is 10.9 Å². The van der Waals surface area contributed by atoms with Crippen molar-refractivity contribution in [2.24, 2.45) is 0 Å². The van der Waals surface area contributed by atoms with Crippen molar-refractivity contribution >= 4 is 16.6 Å². The van der Waals surface area contributed by atoms with E-state index in [1.165, 1.54) is 11.6 Å². The summed E-state index contributed by atoms with van der Waals surface area (Å²) in [6.45, 7) is 1.33. The van der Waals surface area contributed by atoms with Crippen LogP contribution >= 0.6 is 0 Å². The van der Waals surface area contributed by atoms with Gasteiger partial charge in [-0.1, -0.05) is 42.5 Å². The summed E-state index contributed by atoms with van der Waals surface area (Å²) >= 11 is 0. The molecule has 4 aromatic rings. The number of rotatable bonds is 5. The Labute approximate surface area is 173 Å². The van der Waals surface area contributed by atoms with E-state index in [0.29, 0.717) is 6.61 Å². The van der Waals surface area contributed by atoms with Crippen molar-refractivity contribution in [2.45, 2.75) is 19.1 Å². The van der Waals surface area contributed by atoms with Crippen molar-refractivity contribution in [1.29, 1.82) is 0 Å². The second kappa shape index (κ2) is 7.65. The Balaban J connectivity index is 1.47. The number of aromatic nitrogens is 1. The number of nitro groups is 1. The number of non-ortho nitro benzene ring substituents is 1. The molecular formula is C24H21N3O3. The zero-order valence-electron chi connectivity index (χ0n) is 16.3. The van der Waals surface area contributed by atoms with Gasteiger partial charge in [0.25, 0.3) is 5.69 Å². The number of benzene rings is 3. The zero-order valence-corrected chi connectivity index (χ0v) is 16.3. The molecule has 6 nitrogen and oxygen atoms in total. The zero-order chi connectivity index (χ0) is 20.5. The van der Waals surface area contributed by atoms with E-state index in [1.807, 2.05) is 48.5 Å². The van der Waals surface area contributed by atoms with Crippen LogP contribution in [-0.4, -0.2) is 16.5 Å². The van der Waals surface area contributed by atoms with Crippen LogP contribution in [0.3, 0.4) is 0 Å². The Morgan fingerprint density at radius 2 is 1.90 bits per heavy atom. The predicted octanol–water partition coefficient (Wildman–Crippen LogP) is 4.89. The third-order valence-electron chi connectivity index (χ3n) is 5.59. The molecule has 2 N–H and O–H groups in total. The minimum absolute atomic E-state index is 0.102. The highest BCUT2D eigenvalue weighted by Crippen LogP contribution is 2.35. The normalized spacial score (nSPS) is 15.7. The Morgan fingerprint density at radius 1 is 1.03 bits per heavy atom. The minimum Gasteiger partial charge on any atom is -0.489 e. The van der Waals surface area contributed by atoms with Crippen molar-refractivity contribution in [2.75, 3.05) is 6.54 Å². The molecule has 0 spiro atoms. The lowest BCUT2D eigenvalue weighted by Crippen LogP contribution is -2.30. The number of nitrogens with zero attached hydrogens (tertiary/aromatic N) is 1. The average Bonchev–Trinajstić information content (AvgIpc) is 3.16. The van der Waals surface area contributed by atoms with Crippen LogP contribution in [0.2, 0.25) is 0 Å². The fourth-order valence-electron chi connectivity index (χ4n) is 4.14. The monoisotopic (exact) mass is 399 g/mol. The number of aromatic amines is 1. The first-order valence-corrected chi connectivity index (χ1v) is 9.98. The molecule has 0 radical (unpaired) electrons. The molecule has 0 amide bonds. The lowest BCUT2D eigenvalue weighted by atomic mass is 9.94. The number of hydrogen-bond acceptors (Lipinski definition) is 4. The largest absolute Gasteiger partial charge is 0.489 e. The Hall–Kier alpha value is -3.64. The van der Waals surface area contributed by atoms with Crippen LogP contribution in [0.1, 0.15) is 28.4 Å². The van der Waals surface area contributed by atoms with Gasteiger partial charge in [0.15, 0.2) is 0 Å². The fraction of sp³-hybridized carbons (Fsp3) is 0.167. The van der Waals surface area contributed by atoms with Crippen molar-refractivity contribution in [3.05, 3.63) is 105 Å². The topological polar surface area (TPSA) is 80.2 Å². The molecule has 5 rings (SSSR count). The summed E-state index contributed by atoms with van der Waals surface area (Å²) in [4.78, 5) is 14.4. The van der Waals surface area contributed by atoms with Crippen LogP contribution in [0, 0.1) is 10.1 Å². The summed E-state index contributed by atoms with van der Waals surface area (Å²) in [5.41, 5.74) is 5.48. The van der Waals surface area contributed by atoms with Gasteiger partial charge in [-0.2, -0.15) is 0 Å². The van der Waals surface area contributed by atoms with E-state index in [-0.39, 0.29) is 16.7 Å². The van der Waals surface area contributed by atoms with Gasteiger partial charge >= 0.3 is 0 Å². The highest BCUT2D eigenvalue weighted by molar-refractivity contribution is 5.86. The lowest BCUT2D eigenvalue weighted by molar-refractivity contribution is -0.384. The summed E-state index contributed by atoms with van der Waals surface area (Å²) in [6.07, 6.45) is 0.892. The van der Waals surface area contributed by atoms with Crippen LogP contribution in [-0.2, 0) is 13.0 Å². The van der Waals surface area contributed by atoms with E-state index < -0.39 is 0 Å². The SMILES string of the molecule is O=[N+]([O-])c1cccc(C2NCCc3c2[nH]c2ccc(OCc4ccccc4)cc32)c1. The van der Waals surface area contributed by atoms with E-state index in [2.05, 4.69) is 16.4 Å². The fourth-order valence-corrected chi connectivity index (χ4v) is 4.14. The molecule has 1 aromatic heterocycles. The first kappa shape index (κ1) is 18.4. The van der Waals surface area contributed by atoms with E-state index in [4.69, 9.17) is 4.74 Å². The molecule has 150 valence electrons. The summed E-state index contributed by atoms with van der Waals surface area (Å²) in [7, 11) is 0. The number of hydrogen-bond donors (Lipinski definition) is 2. The first-order valence-electron chi connectivity index (χ1n) is 9.98. The highest BCUT2D eigenvalue weighted by atomic mass is 16.6. The minimum atomic E-state index is -0.352. The summed E-state index contributed by atoms with van der Waals surface area (Å²) in [5, 5.41) is 15.8. The molecule has 0 saturated heterocycles.